The third-order valence-corrected chi connectivity index (χ3v) is 3.20. The average Bonchev–Trinajstić information content (AvgIpc) is 2.17. The quantitative estimate of drug-likeness (QED) is 0.821. The van der Waals surface area contributed by atoms with Crippen LogP contribution in [0, 0.1) is 12.8 Å². The first kappa shape index (κ1) is 12.8. The minimum absolute atomic E-state index is 0.137. The zero-order valence-electron chi connectivity index (χ0n) is 10.8. The Bertz CT molecular complexity index is 432. The number of hydrogen-bond acceptors (Lipinski definition) is 4. The third kappa shape index (κ3) is 2.76. The van der Waals surface area contributed by atoms with E-state index in [0.717, 1.165) is 0 Å². The molecule has 1 aliphatic rings. The van der Waals surface area contributed by atoms with E-state index in [1.54, 1.807) is 38.1 Å². The number of rotatable bonds is 2. The van der Waals surface area contributed by atoms with Crippen LogP contribution in [-0.4, -0.2) is 44.7 Å². The lowest BCUT2D eigenvalue weighted by Crippen LogP contribution is -2.58. The molecule has 0 spiro atoms. The highest BCUT2D eigenvalue weighted by Crippen LogP contribution is 2.27. The normalized spacial score (nSPS) is 16.3. The van der Waals surface area contributed by atoms with E-state index in [9.17, 15) is 9.90 Å². The van der Waals surface area contributed by atoms with E-state index >= 15 is 0 Å². The number of aliphatic hydroxyl groups is 1. The number of aromatic nitrogens is 2. The fraction of sp³-hybridized carbons (Fsp3) is 0.583. The molecule has 1 fully saturated rings. The van der Waals surface area contributed by atoms with Crippen molar-refractivity contribution in [1.82, 2.24) is 14.9 Å². The zero-order chi connectivity index (χ0) is 13.3. The smallest absolute Gasteiger partial charge is 0.321 e. The number of aryl methyl sites for hydroxylation is 1. The molecular formula is C12H18N4O2. The predicted molar refractivity (Wildman–Crippen MR) is 67.1 cm³/mol. The summed E-state index contributed by atoms with van der Waals surface area (Å²) in [5.41, 5.74) is -0.152. The molecule has 98 valence electrons. The van der Waals surface area contributed by atoms with Crippen molar-refractivity contribution in [1.29, 1.82) is 0 Å². The molecule has 1 saturated heterocycles. The maximum atomic E-state index is 11.8. The van der Waals surface area contributed by atoms with Crippen molar-refractivity contribution >= 4 is 11.7 Å². The topological polar surface area (TPSA) is 78.4 Å². The summed E-state index contributed by atoms with van der Waals surface area (Å²) < 4.78 is 0. The van der Waals surface area contributed by atoms with Crippen LogP contribution in [0.25, 0.3) is 0 Å². The first-order chi connectivity index (χ1) is 8.36. The third-order valence-electron chi connectivity index (χ3n) is 3.20. The lowest BCUT2D eigenvalue weighted by Gasteiger charge is -2.44. The van der Waals surface area contributed by atoms with Gasteiger partial charge >= 0.3 is 6.03 Å². The summed E-state index contributed by atoms with van der Waals surface area (Å²) in [5, 5.41) is 12.5. The number of likely N-dealkylation sites (tertiary alicyclic amines) is 1. The van der Waals surface area contributed by atoms with Gasteiger partial charge in [0.2, 0.25) is 0 Å². The lowest BCUT2D eigenvalue weighted by molar-refractivity contribution is -0.0440. The van der Waals surface area contributed by atoms with E-state index < -0.39 is 5.60 Å². The average molecular weight is 250 g/mol. The van der Waals surface area contributed by atoms with E-state index in [2.05, 4.69) is 15.3 Å². The molecule has 2 rings (SSSR count). The number of urea groups is 1. The molecule has 0 saturated carbocycles. The van der Waals surface area contributed by atoms with Crippen LogP contribution in [0.4, 0.5) is 10.5 Å². The molecule has 2 N–H and O–H groups in total. The van der Waals surface area contributed by atoms with Crippen LogP contribution in [0.1, 0.15) is 19.7 Å². The second-order valence-corrected chi connectivity index (χ2v) is 5.20. The number of carbonyl (C=O) groups excluding carboxylic acids is 1. The Kier molecular flexibility index (Phi) is 3.21. The van der Waals surface area contributed by atoms with Gasteiger partial charge in [0.25, 0.3) is 0 Å². The van der Waals surface area contributed by atoms with E-state index in [-0.39, 0.29) is 11.9 Å². The SMILES string of the molecule is Cc1ncc(NC(=O)N2CC(C(C)(C)O)C2)cn1. The van der Waals surface area contributed by atoms with Gasteiger partial charge in [0, 0.05) is 19.0 Å². The molecule has 0 radical (unpaired) electrons. The number of amides is 2. The van der Waals surface area contributed by atoms with Crippen LogP contribution in [0.5, 0.6) is 0 Å². The fourth-order valence-corrected chi connectivity index (χ4v) is 1.75. The first-order valence-electron chi connectivity index (χ1n) is 5.93. The van der Waals surface area contributed by atoms with Crippen LogP contribution in [-0.2, 0) is 0 Å². The summed E-state index contributed by atoms with van der Waals surface area (Å²) in [6, 6.07) is -0.178. The molecule has 6 nitrogen and oxygen atoms in total. The van der Waals surface area contributed by atoms with Gasteiger partial charge in [-0.05, 0) is 20.8 Å². The Morgan fingerprint density at radius 2 is 2.00 bits per heavy atom. The number of carbonyl (C=O) groups is 1. The van der Waals surface area contributed by atoms with Gasteiger partial charge in [-0.3, -0.25) is 0 Å². The van der Waals surface area contributed by atoms with Crippen molar-refractivity contribution in [2.75, 3.05) is 18.4 Å². The van der Waals surface area contributed by atoms with Crippen LogP contribution < -0.4 is 5.32 Å². The van der Waals surface area contributed by atoms with Crippen LogP contribution >= 0.6 is 0 Å². The van der Waals surface area contributed by atoms with Crippen molar-refractivity contribution < 1.29 is 9.90 Å². The van der Waals surface area contributed by atoms with Crippen molar-refractivity contribution in [2.24, 2.45) is 5.92 Å². The Labute approximate surface area is 106 Å². The van der Waals surface area contributed by atoms with Crippen LogP contribution in [0.2, 0.25) is 0 Å². The minimum atomic E-state index is -0.732. The second kappa shape index (κ2) is 4.53. The van der Waals surface area contributed by atoms with Gasteiger partial charge < -0.3 is 15.3 Å². The number of anilines is 1. The van der Waals surface area contributed by atoms with Gasteiger partial charge in [-0.2, -0.15) is 0 Å². The minimum Gasteiger partial charge on any atom is -0.390 e. The maximum absolute atomic E-state index is 11.8. The summed E-state index contributed by atoms with van der Waals surface area (Å²) in [7, 11) is 0. The van der Waals surface area contributed by atoms with E-state index in [1.165, 1.54) is 0 Å². The molecule has 0 atom stereocenters. The molecule has 0 aromatic carbocycles. The van der Waals surface area contributed by atoms with E-state index in [1.807, 2.05) is 0 Å². The molecule has 0 unspecified atom stereocenters. The Morgan fingerprint density at radius 3 is 2.50 bits per heavy atom. The largest absolute Gasteiger partial charge is 0.390 e. The molecule has 18 heavy (non-hydrogen) atoms. The number of nitrogens with zero attached hydrogens (tertiary/aromatic N) is 3. The van der Waals surface area contributed by atoms with Gasteiger partial charge in [-0.25, -0.2) is 14.8 Å². The lowest BCUT2D eigenvalue weighted by atomic mass is 9.85. The summed E-state index contributed by atoms with van der Waals surface area (Å²) in [6.07, 6.45) is 3.15. The fourth-order valence-electron chi connectivity index (χ4n) is 1.75. The summed E-state index contributed by atoms with van der Waals surface area (Å²) in [4.78, 5) is 21.5. The Hall–Kier alpha value is -1.69. The van der Waals surface area contributed by atoms with Gasteiger partial charge in [-0.1, -0.05) is 0 Å². The highest BCUT2D eigenvalue weighted by molar-refractivity contribution is 5.89. The van der Waals surface area contributed by atoms with E-state index in [0.29, 0.717) is 24.6 Å². The molecule has 2 heterocycles. The second-order valence-electron chi connectivity index (χ2n) is 5.20. The van der Waals surface area contributed by atoms with Crippen molar-refractivity contribution in [3.63, 3.8) is 0 Å². The molecule has 6 heteroatoms. The van der Waals surface area contributed by atoms with Crippen molar-refractivity contribution in [2.45, 2.75) is 26.4 Å². The number of nitrogens with one attached hydrogen (secondary N) is 1. The first-order valence-corrected chi connectivity index (χ1v) is 5.93. The van der Waals surface area contributed by atoms with Gasteiger partial charge in [0.15, 0.2) is 0 Å². The predicted octanol–water partition coefficient (Wildman–Crippen LogP) is 1.02. The van der Waals surface area contributed by atoms with Gasteiger partial charge in [0.1, 0.15) is 5.82 Å². The highest BCUT2D eigenvalue weighted by atomic mass is 16.3. The number of hydrogen-bond donors (Lipinski definition) is 2. The van der Waals surface area contributed by atoms with Crippen molar-refractivity contribution in [3.05, 3.63) is 18.2 Å². The maximum Gasteiger partial charge on any atom is 0.321 e. The molecule has 2 amide bonds. The summed E-state index contributed by atoms with van der Waals surface area (Å²) in [5.74, 6) is 0.802. The van der Waals surface area contributed by atoms with Gasteiger partial charge in [0.05, 0.1) is 23.7 Å². The highest BCUT2D eigenvalue weighted by Gasteiger charge is 2.39. The Morgan fingerprint density at radius 1 is 1.44 bits per heavy atom. The standard InChI is InChI=1S/C12H18N4O2/c1-8-13-4-10(5-14-8)15-11(17)16-6-9(7-16)12(2,3)18/h4-5,9,18H,6-7H2,1-3H3,(H,15,17). The summed E-state index contributed by atoms with van der Waals surface area (Å²) >= 11 is 0. The zero-order valence-corrected chi connectivity index (χ0v) is 10.8. The van der Waals surface area contributed by atoms with Crippen LogP contribution in [0.3, 0.4) is 0 Å². The molecule has 0 aliphatic carbocycles. The molecule has 1 aliphatic heterocycles. The summed E-state index contributed by atoms with van der Waals surface area (Å²) in [6.45, 7) is 6.46. The van der Waals surface area contributed by atoms with E-state index in [4.69, 9.17) is 0 Å². The Balaban J connectivity index is 1.86. The monoisotopic (exact) mass is 250 g/mol. The molecule has 1 aromatic heterocycles. The molecular weight excluding hydrogens is 232 g/mol. The molecule has 1 aromatic rings. The van der Waals surface area contributed by atoms with Crippen LogP contribution in [0.15, 0.2) is 12.4 Å². The van der Waals surface area contributed by atoms with Crippen molar-refractivity contribution in [3.8, 4) is 0 Å². The van der Waals surface area contributed by atoms with Gasteiger partial charge in [-0.15, -0.1) is 0 Å². The molecule has 0 bridgehead atoms.